The zero-order valence-electron chi connectivity index (χ0n) is 20.7. The average molecular weight is 503 g/mol. The summed E-state index contributed by atoms with van der Waals surface area (Å²) in [4.78, 5) is 28.0. The van der Waals surface area contributed by atoms with Crippen LogP contribution in [-0.4, -0.2) is 71.5 Å². The van der Waals surface area contributed by atoms with Crippen molar-refractivity contribution in [2.75, 3.05) is 44.6 Å². The second-order valence-corrected chi connectivity index (χ2v) is 10.7. The Morgan fingerprint density at radius 1 is 1.11 bits per heavy atom. The minimum absolute atomic E-state index is 0.0538. The number of carbonyl (C=O) groups is 2. The zero-order chi connectivity index (χ0) is 24.8. The van der Waals surface area contributed by atoms with E-state index in [0.717, 1.165) is 24.9 Å². The number of nitrogens with zero attached hydrogens (tertiary/aromatic N) is 2. The van der Waals surface area contributed by atoms with Gasteiger partial charge in [0.1, 0.15) is 5.75 Å². The van der Waals surface area contributed by atoms with Crippen molar-refractivity contribution in [2.45, 2.75) is 69.2 Å². The van der Waals surface area contributed by atoms with Crippen LogP contribution in [0.4, 0.5) is 5.69 Å². The molecule has 3 aliphatic rings. The molecule has 8 heteroatoms. The van der Waals surface area contributed by atoms with Crippen molar-refractivity contribution in [3.63, 3.8) is 0 Å². The molecule has 2 amide bonds. The lowest BCUT2D eigenvalue weighted by atomic mass is 9.72. The summed E-state index contributed by atoms with van der Waals surface area (Å²) in [5.41, 5.74) is 1.78. The number of halogens is 1. The molecule has 1 unspecified atom stereocenters. The first-order chi connectivity index (χ1) is 16.9. The molecule has 0 aromatic heterocycles. The topological polar surface area (TPSA) is 84.9 Å². The fourth-order valence-corrected chi connectivity index (χ4v) is 6.32. The van der Waals surface area contributed by atoms with E-state index in [1.807, 2.05) is 6.07 Å². The number of amides is 2. The molecule has 1 spiro atoms. The van der Waals surface area contributed by atoms with Crippen LogP contribution in [0.1, 0.15) is 69.3 Å². The Morgan fingerprint density at radius 3 is 2.46 bits per heavy atom. The molecule has 7 nitrogen and oxygen atoms in total. The number of piperazine rings is 1. The van der Waals surface area contributed by atoms with Crippen LogP contribution in [0.15, 0.2) is 24.8 Å². The van der Waals surface area contributed by atoms with Crippen molar-refractivity contribution in [1.29, 1.82) is 0 Å². The molecule has 2 aliphatic heterocycles. The lowest BCUT2D eigenvalue weighted by Gasteiger charge is -2.44. The van der Waals surface area contributed by atoms with E-state index >= 15 is 0 Å². The van der Waals surface area contributed by atoms with Gasteiger partial charge in [-0.25, -0.2) is 0 Å². The highest BCUT2D eigenvalue weighted by atomic mass is 35.5. The summed E-state index contributed by atoms with van der Waals surface area (Å²) in [5.74, 6) is 0.230. The number of anilines is 1. The van der Waals surface area contributed by atoms with Crippen LogP contribution >= 0.6 is 11.6 Å². The molecule has 3 fully saturated rings. The van der Waals surface area contributed by atoms with E-state index in [-0.39, 0.29) is 29.6 Å². The van der Waals surface area contributed by atoms with Crippen molar-refractivity contribution < 1.29 is 14.7 Å². The summed E-state index contributed by atoms with van der Waals surface area (Å²) in [5, 5.41) is 18.1. The number of benzene rings is 1. The van der Waals surface area contributed by atoms with Crippen LogP contribution in [0.3, 0.4) is 0 Å². The van der Waals surface area contributed by atoms with Gasteiger partial charge in [-0.3, -0.25) is 9.59 Å². The highest BCUT2D eigenvalue weighted by Gasteiger charge is 2.37. The molecule has 1 aliphatic carbocycles. The molecule has 3 N–H and O–H groups in total. The third-order valence-corrected chi connectivity index (χ3v) is 8.37. The Balaban J connectivity index is 1.39. The maximum absolute atomic E-state index is 12.8. The molecule has 1 atom stereocenters. The third-order valence-electron chi connectivity index (χ3n) is 8.04. The van der Waals surface area contributed by atoms with E-state index in [9.17, 15) is 14.7 Å². The monoisotopic (exact) mass is 502 g/mol. The average Bonchev–Trinajstić information content (AvgIpc) is 2.85. The molecule has 2 saturated heterocycles. The summed E-state index contributed by atoms with van der Waals surface area (Å²) in [6.45, 7) is 6.58. The molecular weight excluding hydrogens is 464 g/mol. The van der Waals surface area contributed by atoms with E-state index in [0.29, 0.717) is 42.8 Å². The first kappa shape index (κ1) is 25.8. The van der Waals surface area contributed by atoms with E-state index in [2.05, 4.69) is 17.2 Å². The van der Waals surface area contributed by atoms with Gasteiger partial charge in [0.2, 0.25) is 11.8 Å². The van der Waals surface area contributed by atoms with Crippen molar-refractivity contribution in [1.82, 2.24) is 15.1 Å². The number of hydrogen-bond acceptors (Lipinski definition) is 5. The Morgan fingerprint density at radius 2 is 1.77 bits per heavy atom. The van der Waals surface area contributed by atoms with Crippen molar-refractivity contribution in [3.8, 4) is 5.75 Å². The number of carbonyl (C=O) groups excluding carboxylic acids is 2. The van der Waals surface area contributed by atoms with Gasteiger partial charge < -0.3 is 25.5 Å². The molecule has 1 saturated carbocycles. The Labute approximate surface area is 213 Å². The van der Waals surface area contributed by atoms with E-state index < -0.39 is 0 Å². The van der Waals surface area contributed by atoms with Crippen LogP contribution in [0.2, 0.25) is 5.02 Å². The van der Waals surface area contributed by atoms with Gasteiger partial charge in [0.05, 0.1) is 12.2 Å². The van der Waals surface area contributed by atoms with Gasteiger partial charge >= 0.3 is 0 Å². The van der Waals surface area contributed by atoms with Gasteiger partial charge in [-0.05, 0) is 55.9 Å². The number of phenolic OH excluding ortho intramolecular Hbond substituents is 1. The van der Waals surface area contributed by atoms with Crippen LogP contribution in [0, 0.1) is 0 Å². The van der Waals surface area contributed by atoms with Crippen LogP contribution in [0.25, 0.3) is 0 Å². The molecule has 1 aromatic carbocycles. The Kier molecular flexibility index (Phi) is 8.60. The van der Waals surface area contributed by atoms with Crippen LogP contribution in [0.5, 0.6) is 5.75 Å². The number of hydrogen-bond donors (Lipinski definition) is 3. The Hall–Kier alpha value is -2.25. The summed E-state index contributed by atoms with van der Waals surface area (Å²) < 4.78 is 0. The zero-order valence-corrected chi connectivity index (χ0v) is 21.4. The maximum Gasteiger partial charge on any atom is 0.246 e. The molecular formula is C27H39ClN4O3. The molecule has 35 heavy (non-hydrogen) atoms. The standard InChI is InChI=1S/C27H39ClN4O3/c1-2-25(34)31-12-14-32(15-13-31)26(35)19-29-23-16-21(22(28)17-24(23)33)20-8-11-30-27(18-20)9-6-4-3-5-7-10-27/h2,16-17,20,29-30,33H,1,3-15,18-19H2. The van der Waals surface area contributed by atoms with Gasteiger partial charge in [-0.15, -0.1) is 0 Å². The predicted molar refractivity (Wildman–Crippen MR) is 140 cm³/mol. The van der Waals surface area contributed by atoms with Crippen LogP contribution < -0.4 is 10.6 Å². The fourth-order valence-electron chi connectivity index (χ4n) is 6.01. The molecule has 192 valence electrons. The van der Waals surface area contributed by atoms with E-state index in [1.165, 1.54) is 51.0 Å². The smallest absolute Gasteiger partial charge is 0.246 e. The van der Waals surface area contributed by atoms with E-state index in [1.54, 1.807) is 15.9 Å². The molecule has 4 rings (SSSR count). The second kappa shape index (κ2) is 11.7. The summed E-state index contributed by atoms with van der Waals surface area (Å²) in [6, 6.07) is 3.55. The first-order valence-electron chi connectivity index (χ1n) is 13.1. The van der Waals surface area contributed by atoms with Crippen molar-refractivity contribution in [3.05, 3.63) is 35.4 Å². The number of piperidine rings is 1. The van der Waals surface area contributed by atoms with Crippen molar-refractivity contribution >= 4 is 29.1 Å². The number of rotatable bonds is 5. The normalized spacial score (nSPS) is 22.8. The summed E-state index contributed by atoms with van der Waals surface area (Å²) in [6.07, 6.45) is 12.3. The lowest BCUT2D eigenvalue weighted by molar-refractivity contribution is -0.135. The van der Waals surface area contributed by atoms with Gasteiger partial charge in [0, 0.05) is 42.8 Å². The van der Waals surface area contributed by atoms with Crippen molar-refractivity contribution in [2.24, 2.45) is 0 Å². The van der Waals surface area contributed by atoms with Gasteiger partial charge in [-0.1, -0.05) is 50.3 Å². The van der Waals surface area contributed by atoms with Gasteiger partial charge in [-0.2, -0.15) is 0 Å². The van der Waals surface area contributed by atoms with Gasteiger partial charge in [0.25, 0.3) is 0 Å². The second-order valence-electron chi connectivity index (χ2n) is 10.3. The van der Waals surface area contributed by atoms with Crippen LogP contribution in [-0.2, 0) is 9.59 Å². The molecule has 0 radical (unpaired) electrons. The maximum atomic E-state index is 12.8. The third kappa shape index (κ3) is 6.31. The minimum atomic E-state index is -0.104. The molecule has 1 aromatic rings. The summed E-state index contributed by atoms with van der Waals surface area (Å²) >= 11 is 6.63. The van der Waals surface area contributed by atoms with E-state index in [4.69, 9.17) is 11.6 Å². The highest BCUT2D eigenvalue weighted by Crippen LogP contribution is 2.43. The number of phenols is 1. The highest BCUT2D eigenvalue weighted by molar-refractivity contribution is 6.31. The largest absolute Gasteiger partial charge is 0.506 e. The quantitative estimate of drug-likeness (QED) is 0.413. The minimum Gasteiger partial charge on any atom is -0.506 e. The lowest BCUT2D eigenvalue weighted by Crippen LogP contribution is -2.51. The van der Waals surface area contributed by atoms with Gasteiger partial charge in [0.15, 0.2) is 0 Å². The SMILES string of the molecule is C=CC(=O)N1CCN(C(=O)CNc2cc(C3CCNC4(CCCCCCC4)C3)c(Cl)cc2O)CC1. The Bertz CT molecular complexity index is 921. The summed E-state index contributed by atoms with van der Waals surface area (Å²) in [7, 11) is 0. The molecule has 0 bridgehead atoms. The number of aromatic hydroxyl groups is 1. The fraction of sp³-hybridized carbons (Fsp3) is 0.630. The predicted octanol–water partition coefficient (Wildman–Crippen LogP) is 4.26. The number of nitrogens with one attached hydrogen (secondary N) is 2. The molecule has 2 heterocycles. The first-order valence-corrected chi connectivity index (χ1v) is 13.5.